The van der Waals surface area contributed by atoms with Gasteiger partial charge in [-0.05, 0) is 25.0 Å². The molecule has 2 nitrogen and oxygen atoms in total. The maximum absolute atomic E-state index is 4.25. The standard InChI is InChI=1S/C10H14N2/c1-2-7-11-10(4-1)8-12-9-5-3-6-9/h1-2,4,7,9,12H,3,5-6,8H2. The Hall–Kier alpha value is -0.890. The lowest BCUT2D eigenvalue weighted by atomic mass is 9.93. The normalized spacial score (nSPS) is 17.3. The molecule has 0 saturated heterocycles. The maximum atomic E-state index is 4.25. The second-order valence-corrected chi connectivity index (χ2v) is 3.33. The predicted octanol–water partition coefficient (Wildman–Crippen LogP) is 1.72. The Morgan fingerprint density at radius 3 is 2.92 bits per heavy atom. The van der Waals surface area contributed by atoms with Gasteiger partial charge >= 0.3 is 0 Å². The van der Waals surface area contributed by atoms with E-state index in [0.717, 1.165) is 18.3 Å². The number of nitrogens with one attached hydrogen (secondary N) is 1. The fourth-order valence-electron chi connectivity index (χ4n) is 1.36. The van der Waals surface area contributed by atoms with Crippen molar-refractivity contribution in [3.8, 4) is 0 Å². The van der Waals surface area contributed by atoms with E-state index in [-0.39, 0.29) is 0 Å². The lowest BCUT2D eigenvalue weighted by Crippen LogP contribution is -2.34. The zero-order valence-electron chi connectivity index (χ0n) is 7.16. The molecule has 1 saturated carbocycles. The van der Waals surface area contributed by atoms with Gasteiger partial charge in [0, 0.05) is 18.8 Å². The summed E-state index contributed by atoms with van der Waals surface area (Å²) in [6.07, 6.45) is 5.91. The molecule has 12 heavy (non-hydrogen) atoms. The average Bonchev–Trinajstić information content (AvgIpc) is 2.04. The summed E-state index contributed by atoms with van der Waals surface area (Å²) in [7, 11) is 0. The minimum atomic E-state index is 0.756. The molecule has 1 heterocycles. The third-order valence-corrected chi connectivity index (χ3v) is 2.40. The summed E-state index contributed by atoms with van der Waals surface area (Å²) < 4.78 is 0. The molecule has 1 aliphatic rings. The summed E-state index contributed by atoms with van der Waals surface area (Å²) in [5, 5.41) is 3.47. The number of aromatic nitrogens is 1. The van der Waals surface area contributed by atoms with Crippen molar-refractivity contribution < 1.29 is 0 Å². The molecule has 1 aromatic rings. The first-order valence-electron chi connectivity index (χ1n) is 4.58. The van der Waals surface area contributed by atoms with Crippen LogP contribution < -0.4 is 5.32 Å². The summed E-state index contributed by atoms with van der Waals surface area (Å²) in [6, 6.07) is 6.80. The van der Waals surface area contributed by atoms with Gasteiger partial charge in [0.05, 0.1) is 5.69 Å². The molecule has 64 valence electrons. The monoisotopic (exact) mass is 162 g/mol. The molecule has 2 heteroatoms. The summed E-state index contributed by atoms with van der Waals surface area (Å²) in [6.45, 7) is 0.922. The molecular weight excluding hydrogens is 148 g/mol. The van der Waals surface area contributed by atoms with E-state index < -0.39 is 0 Å². The molecule has 0 aromatic carbocycles. The lowest BCUT2D eigenvalue weighted by Gasteiger charge is -2.26. The molecule has 0 spiro atoms. The van der Waals surface area contributed by atoms with Gasteiger partial charge in [0.15, 0.2) is 0 Å². The van der Waals surface area contributed by atoms with E-state index in [1.54, 1.807) is 0 Å². The van der Waals surface area contributed by atoms with Crippen LogP contribution in [0.3, 0.4) is 0 Å². The highest BCUT2D eigenvalue weighted by molar-refractivity contribution is 5.03. The van der Waals surface area contributed by atoms with E-state index in [2.05, 4.69) is 16.4 Å². The molecule has 0 aliphatic heterocycles. The van der Waals surface area contributed by atoms with Gasteiger partial charge in [0.1, 0.15) is 0 Å². The number of rotatable bonds is 3. The highest BCUT2D eigenvalue weighted by atomic mass is 14.9. The van der Waals surface area contributed by atoms with Crippen LogP contribution in [0.15, 0.2) is 24.4 Å². The quantitative estimate of drug-likeness (QED) is 0.732. The van der Waals surface area contributed by atoms with Crippen LogP contribution in [0.5, 0.6) is 0 Å². The molecule has 0 unspecified atom stereocenters. The topological polar surface area (TPSA) is 24.9 Å². The van der Waals surface area contributed by atoms with Crippen molar-refractivity contribution in [2.24, 2.45) is 0 Å². The Kier molecular flexibility index (Phi) is 2.37. The van der Waals surface area contributed by atoms with Crippen molar-refractivity contribution in [2.45, 2.75) is 31.8 Å². The molecule has 1 fully saturated rings. The highest BCUT2D eigenvalue weighted by Crippen LogP contribution is 2.18. The number of hydrogen-bond acceptors (Lipinski definition) is 2. The van der Waals surface area contributed by atoms with Gasteiger partial charge in [-0.1, -0.05) is 12.5 Å². The first-order chi connectivity index (χ1) is 5.95. The Morgan fingerprint density at radius 1 is 1.42 bits per heavy atom. The predicted molar refractivity (Wildman–Crippen MR) is 48.7 cm³/mol. The van der Waals surface area contributed by atoms with Crippen LogP contribution in [-0.4, -0.2) is 11.0 Å². The smallest absolute Gasteiger partial charge is 0.0541 e. The number of nitrogens with zero attached hydrogens (tertiary/aromatic N) is 1. The van der Waals surface area contributed by atoms with Crippen molar-refractivity contribution >= 4 is 0 Å². The summed E-state index contributed by atoms with van der Waals surface area (Å²) in [5.41, 5.74) is 1.14. The molecule has 0 amide bonds. The van der Waals surface area contributed by atoms with Crippen LogP contribution in [0, 0.1) is 0 Å². The van der Waals surface area contributed by atoms with E-state index in [1.807, 2.05) is 18.3 Å². The lowest BCUT2D eigenvalue weighted by molar-refractivity contribution is 0.337. The molecule has 1 aromatic heterocycles. The fraction of sp³-hybridized carbons (Fsp3) is 0.500. The van der Waals surface area contributed by atoms with Crippen LogP contribution >= 0.6 is 0 Å². The SMILES string of the molecule is c1ccc(CNC2CCC2)nc1. The van der Waals surface area contributed by atoms with Gasteiger partial charge in [0.25, 0.3) is 0 Å². The van der Waals surface area contributed by atoms with Gasteiger partial charge < -0.3 is 5.32 Å². The molecular formula is C10H14N2. The molecule has 0 radical (unpaired) electrons. The fourth-order valence-corrected chi connectivity index (χ4v) is 1.36. The first-order valence-corrected chi connectivity index (χ1v) is 4.58. The van der Waals surface area contributed by atoms with Gasteiger partial charge in [-0.2, -0.15) is 0 Å². The maximum Gasteiger partial charge on any atom is 0.0541 e. The molecule has 0 atom stereocenters. The minimum Gasteiger partial charge on any atom is -0.308 e. The second-order valence-electron chi connectivity index (χ2n) is 3.33. The summed E-state index contributed by atoms with van der Waals surface area (Å²) in [4.78, 5) is 4.25. The highest BCUT2D eigenvalue weighted by Gasteiger charge is 2.15. The van der Waals surface area contributed by atoms with Gasteiger partial charge in [0.2, 0.25) is 0 Å². The molecule has 0 bridgehead atoms. The van der Waals surface area contributed by atoms with Crippen molar-refractivity contribution in [3.63, 3.8) is 0 Å². The van der Waals surface area contributed by atoms with Crippen LogP contribution in [-0.2, 0) is 6.54 Å². The van der Waals surface area contributed by atoms with Gasteiger partial charge in [-0.3, -0.25) is 4.98 Å². The van der Waals surface area contributed by atoms with E-state index in [9.17, 15) is 0 Å². The Bertz CT molecular complexity index is 229. The van der Waals surface area contributed by atoms with Crippen LogP contribution in [0.2, 0.25) is 0 Å². The summed E-state index contributed by atoms with van der Waals surface area (Å²) >= 11 is 0. The van der Waals surface area contributed by atoms with E-state index in [4.69, 9.17) is 0 Å². The van der Waals surface area contributed by atoms with E-state index >= 15 is 0 Å². The minimum absolute atomic E-state index is 0.756. The van der Waals surface area contributed by atoms with E-state index in [0.29, 0.717) is 0 Å². The van der Waals surface area contributed by atoms with Crippen molar-refractivity contribution in [1.82, 2.24) is 10.3 Å². The Morgan fingerprint density at radius 2 is 2.33 bits per heavy atom. The van der Waals surface area contributed by atoms with Crippen LogP contribution in [0.25, 0.3) is 0 Å². The number of hydrogen-bond donors (Lipinski definition) is 1. The zero-order valence-corrected chi connectivity index (χ0v) is 7.16. The van der Waals surface area contributed by atoms with Gasteiger partial charge in [-0.25, -0.2) is 0 Å². The molecule has 1 N–H and O–H groups in total. The largest absolute Gasteiger partial charge is 0.308 e. The van der Waals surface area contributed by atoms with E-state index in [1.165, 1.54) is 19.3 Å². The van der Waals surface area contributed by atoms with Crippen molar-refractivity contribution in [2.75, 3.05) is 0 Å². The van der Waals surface area contributed by atoms with Crippen molar-refractivity contribution in [1.29, 1.82) is 0 Å². The first kappa shape index (κ1) is 7.74. The second kappa shape index (κ2) is 3.68. The number of pyridine rings is 1. The van der Waals surface area contributed by atoms with Crippen LogP contribution in [0.1, 0.15) is 25.0 Å². The Balaban J connectivity index is 1.79. The van der Waals surface area contributed by atoms with Crippen LogP contribution in [0.4, 0.5) is 0 Å². The van der Waals surface area contributed by atoms with Crippen molar-refractivity contribution in [3.05, 3.63) is 30.1 Å². The zero-order chi connectivity index (χ0) is 8.23. The molecule has 1 aliphatic carbocycles. The van der Waals surface area contributed by atoms with Gasteiger partial charge in [-0.15, -0.1) is 0 Å². The Labute approximate surface area is 73.0 Å². The third kappa shape index (κ3) is 1.83. The third-order valence-electron chi connectivity index (χ3n) is 2.40. The summed E-state index contributed by atoms with van der Waals surface area (Å²) in [5.74, 6) is 0. The average molecular weight is 162 g/mol. The molecule has 2 rings (SSSR count).